The Labute approximate surface area is 65.3 Å². The molecule has 1 aromatic rings. The molecule has 0 spiro atoms. The van der Waals surface area contributed by atoms with E-state index in [1.807, 2.05) is 0 Å². The summed E-state index contributed by atoms with van der Waals surface area (Å²) in [6, 6.07) is 1.35. The highest BCUT2D eigenvalue weighted by molar-refractivity contribution is 9.10. The molecule has 48 valence electrons. The Morgan fingerprint density at radius 2 is 2.67 bits per heavy atom. The van der Waals surface area contributed by atoms with E-state index in [1.54, 1.807) is 0 Å². The molecule has 0 saturated carbocycles. The molecular formula is C6H5BrFN. The van der Waals surface area contributed by atoms with Gasteiger partial charge in [-0.3, -0.25) is 4.98 Å². The number of aromatic nitrogens is 1. The maximum Gasteiger partial charge on any atom is 0.158 e. The molecule has 1 rings (SSSR count). The highest BCUT2D eigenvalue weighted by Gasteiger charge is 1.99. The third-order valence-corrected chi connectivity index (χ3v) is 1.45. The Hall–Kier alpha value is -0.440. The molecule has 9 heavy (non-hydrogen) atoms. The summed E-state index contributed by atoms with van der Waals surface area (Å²) < 4.78 is 33.9. The maximum atomic E-state index is 13.0. The molecule has 1 nitrogen and oxygen atoms in total. The van der Waals surface area contributed by atoms with Gasteiger partial charge in [0.1, 0.15) is 0 Å². The summed E-state index contributed by atoms with van der Waals surface area (Å²) in [6.07, 6.45) is 1.24. The smallest absolute Gasteiger partial charge is 0.158 e. The summed E-state index contributed by atoms with van der Waals surface area (Å²) in [7, 11) is 0. The van der Waals surface area contributed by atoms with Gasteiger partial charge in [0.05, 0.1) is 10.2 Å². The first kappa shape index (κ1) is 3.66. The largest absolute Gasteiger partial charge is 0.258 e. The quantitative estimate of drug-likeness (QED) is 0.615. The van der Waals surface area contributed by atoms with E-state index in [-0.39, 0.29) is 4.47 Å². The Bertz CT molecular complexity index is 299. The summed E-state index contributed by atoms with van der Waals surface area (Å²) >= 11 is 2.87. The van der Waals surface area contributed by atoms with Gasteiger partial charge in [0, 0.05) is 10.3 Å². The van der Waals surface area contributed by atoms with Crippen molar-refractivity contribution in [2.75, 3.05) is 0 Å². The molecule has 1 heterocycles. The van der Waals surface area contributed by atoms with Crippen molar-refractivity contribution in [1.29, 1.82) is 0 Å². The van der Waals surface area contributed by atoms with Gasteiger partial charge in [0.25, 0.3) is 0 Å². The van der Waals surface area contributed by atoms with Crippen LogP contribution in [0.4, 0.5) is 4.39 Å². The van der Waals surface area contributed by atoms with Crippen LogP contribution >= 0.6 is 15.9 Å². The average molecular weight is 193 g/mol. The molecule has 0 N–H and O–H groups in total. The summed E-state index contributed by atoms with van der Waals surface area (Å²) in [5, 5.41) is 0. The SMILES string of the molecule is [2H]C([2H])([2H])c1nccc(Br)c1F. The van der Waals surface area contributed by atoms with Gasteiger partial charge >= 0.3 is 0 Å². The van der Waals surface area contributed by atoms with Crippen molar-refractivity contribution in [3.63, 3.8) is 0 Å². The second-order valence-electron chi connectivity index (χ2n) is 1.46. The van der Waals surface area contributed by atoms with Crippen molar-refractivity contribution in [3.05, 3.63) is 28.2 Å². The van der Waals surface area contributed by atoms with Crippen LogP contribution in [0.2, 0.25) is 0 Å². The van der Waals surface area contributed by atoms with Crippen LogP contribution in [0.1, 0.15) is 9.81 Å². The Morgan fingerprint density at radius 1 is 1.89 bits per heavy atom. The number of rotatable bonds is 0. The minimum Gasteiger partial charge on any atom is -0.258 e. The first-order chi connectivity index (χ1) is 5.43. The van der Waals surface area contributed by atoms with Gasteiger partial charge in [0.2, 0.25) is 0 Å². The van der Waals surface area contributed by atoms with E-state index in [4.69, 9.17) is 4.11 Å². The maximum absolute atomic E-state index is 13.0. The number of hydrogen-bond donors (Lipinski definition) is 0. The summed E-state index contributed by atoms with van der Waals surface area (Å²) in [4.78, 5) is 3.44. The fourth-order valence-corrected chi connectivity index (χ4v) is 0.726. The molecule has 0 saturated heterocycles. The average Bonchev–Trinajstić information content (AvgIpc) is 1.92. The first-order valence-electron chi connectivity index (χ1n) is 3.73. The van der Waals surface area contributed by atoms with Gasteiger partial charge in [-0.25, -0.2) is 4.39 Å². The van der Waals surface area contributed by atoms with Crippen LogP contribution < -0.4 is 0 Å². The number of pyridine rings is 1. The van der Waals surface area contributed by atoms with Gasteiger partial charge in [0.15, 0.2) is 5.82 Å². The standard InChI is InChI=1S/C6H5BrFN/c1-4-6(8)5(7)2-3-9-4/h2-3H,1H3/i1D3. The Kier molecular flexibility index (Phi) is 0.990. The highest BCUT2D eigenvalue weighted by Crippen LogP contribution is 2.14. The fraction of sp³-hybridized carbons (Fsp3) is 0.167. The van der Waals surface area contributed by atoms with E-state index in [0.717, 1.165) is 0 Å². The zero-order valence-electron chi connectivity index (χ0n) is 7.36. The zero-order valence-corrected chi connectivity index (χ0v) is 5.94. The third kappa shape index (κ3) is 1.27. The van der Waals surface area contributed by atoms with Crippen LogP contribution in [0.25, 0.3) is 0 Å². The molecule has 0 atom stereocenters. The Morgan fingerprint density at radius 3 is 3.22 bits per heavy atom. The minimum absolute atomic E-state index is 0.114. The monoisotopic (exact) mass is 192 g/mol. The topological polar surface area (TPSA) is 12.9 Å². The fourth-order valence-electron chi connectivity index (χ4n) is 0.420. The minimum atomic E-state index is -2.49. The molecule has 0 radical (unpaired) electrons. The van der Waals surface area contributed by atoms with Crippen LogP contribution in [-0.2, 0) is 0 Å². The number of aryl methyl sites for hydroxylation is 1. The molecule has 0 aliphatic heterocycles. The van der Waals surface area contributed by atoms with Crippen molar-refractivity contribution in [3.8, 4) is 0 Å². The van der Waals surface area contributed by atoms with E-state index < -0.39 is 18.4 Å². The lowest BCUT2D eigenvalue weighted by Gasteiger charge is -1.94. The summed E-state index contributed by atoms with van der Waals surface area (Å²) in [5.41, 5.74) is -0.503. The van der Waals surface area contributed by atoms with Crippen molar-refractivity contribution in [1.82, 2.24) is 4.98 Å². The summed E-state index contributed by atoms with van der Waals surface area (Å²) in [5.74, 6) is -0.822. The van der Waals surface area contributed by atoms with Gasteiger partial charge in [-0.2, -0.15) is 0 Å². The molecule has 1 aromatic heterocycles. The van der Waals surface area contributed by atoms with E-state index in [1.165, 1.54) is 12.3 Å². The van der Waals surface area contributed by atoms with Crippen LogP contribution in [0.5, 0.6) is 0 Å². The molecule has 0 bridgehead atoms. The molecule has 0 aliphatic rings. The number of halogens is 2. The van der Waals surface area contributed by atoms with Crippen LogP contribution in [0.15, 0.2) is 16.7 Å². The van der Waals surface area contributed by atoms with Crippen LogP contribution in [0.3, 0.4) is 0 Å². The van der Waals surface area contributed by atoms with E-state index in [0.29, 0.717) is 0 Å². The molecule has 0 amide bonds. The van der Waals surface area contributed by atoms with Crippen LogP contribution in [0, 0.1) is 12.7 Å². The van der Waals surface area contributed by atoms with E-state index in [9.17, 15) is 4.39 Å². The molecule has 0 unspecified atom stereocenters. The first-order valence-corrected chi connectivity index (χ1v) is 3.02. The molecule has 3 heteroatoms. The molecular weight excluding hydrogens is 185 g/mol. The summed E-state index contributed by atoms with van der Waals surface area (Å²) in [6.45, 7) is -2.49. The normalized spacial score (nSPS) is 16.0. The lowest BCUT2D eigenvalue weighted by Crippen LogP contribution is -1.86. The van der Waals surface area contributed by atoms with Crippen molar-refractivity contribution in [2.45, 2.75) is 6.85 Å². The second-order valence-corrected chi connectivity index (χ2v) is 2.31. The molecule has 0 aliphatic carbocycles. The van der Waals surface area contributed by atoms with Crippen molar-refractivity contribution < 1.29 is 8.50 Å². The number of hydrogen-bond acceptors (Lipinski definition) is 1. The van der Waals surface area contributed by atoms with Gasteiger partial charge in [-0.15, -0.1) is 0 Å². The lowest BCUT2D eigenvalue weighted by molar-refractivity contribution is 0.603. The number of nitrogens with zero attached hydrogens (tertiary/aromatic N) is 1. The predicted octanol–water partition coefficient (Wildman–Crippen LogP) is 2.29. The zero-order chi connectivity index (χ0) is 9.35. The second kappa shape index (κ2) is 2.43. The van der Waals surface area contributed by atoms with Gasteiger partial charge < -0.3 is 0 Å². The van der Waals surface area contributed by atoms with E-state index >= 15 is 0 Å². The van der Waals surface area contributed by atoms with Crippen LogP contribution in [-0.4, -0.2) is 4.98 Å². The van der Waals surface area contributed by atoms with Crippen molar-refractivity contribution >= 4 is 15.9 Å². The van der Waals surface area contributed by atoms with Gasteiger partial charge in [-0.1, -0.05) is 0 Å². The highest BCUT2D eigenvalue weighted by atomic mass is 79.9. The van der Waals surface area contributed by atoms with E-state index in [2.05, 4.69) is 20.9 Å². The predicted molar refractivity (Wildman–Crippen MR) is 36.6 cm³/mol. The Balaban J connectivity index is 3.26. The molecule has 0 aromatic carbocycles. The third-order valence-electron chi connectivity index (χ3n) is 0.842. The van der Waals surface area contributed by atoms with Crippen molar-refractivity contribution in [2.24, 2.45) is 0 Å². The molecule has 0 fully saturated rings. The lowest BCUT2D eigenvalue weighted by atomic mass is 10.4. The van der Waals surface area contributed by atoms with Gasteiger partial charge in [-0.05, 0) is 28.8 Å².